The molecule has 1 aromatic rings. The molecular formula is C15H20ClN3O2S. The van der Waals surface area contributed by atoms with Crippen LogP contribution in [-0.2, 0) is 9.59 Å². The van der Waals surface area contributed by atoms with Crippen LogP contribution in [0.15, 0.2) is 29.2 Å². The van der Waals surface area contributed by atoms with Crippen molar-refractivity contribution >= 4 is 35.2 Å². The maximum Gasteiger partial charge on any atom is 0.233 e. The number of thioether (sulfide) groups is 1. The monoisotopic (exact) mass is 341 g/mol. The van der Waals surface area contributed by atoms with E-state index in [-0.39, 0.29) is 11.8 Å². The van der Waals surface area contributed by atoms with Gasteiger partial charge in [0.2, 0.25) is 11.8 Å². The highest BCUT2D eigenvalue weighted by molar-refractivity contribution is 8.00. The van der Waals surface area contributed by atoms with Gasteiger partial charge in [-0.2, -0.15) is 0 Å². The van der Waals surface area contributed by atoms with Crippen LogP contribution in [0.5, 0.6) is 0 Å². The van der Waals surface area contributed by atoms with Gasteiger partial charge in [0.1, 0.15) is 0 Å². The minimum absolute atomic E-state index is 0.00838. The number of likely N-dealkylation sites (N-methyl/N-ethyl adjacent to an activating group) is 1. The normalized spacial score (nSPS) is 15.6. The molecule has 22 heavy (non-hydrogen) atoms. The van der Waals surface area contributed by atoms with Gasteiger partial charge in [0.15, 0.2) is 0 Å². The summed E-state index contributed by atoms with van der Waals surface area (Å²) in [5, 5.41) is 3.29. The predicted molar refractivity (Wildman–Crippen MR) is 89.3 cm³/mol. The van der Waals surface area contributed by atoms with Crippen LogP contribution in [-0.4, -0.2) is 67.1 Å². The Morgan fingerprint density at radius 1 is 1.23 bits per heavy atom. The SMILES string of the molecule is CNC(=O)CN1CCN(C(=O)CSc2ccccc2Cl)CC1. The number of nitrogens with one attached hydrogen (secondary N) is 1. The quantitative estimate of drug-likeness (QED) is 0.821. The summed E-state index contributed by atoms with van der Waals surface area (Å²) in [4.78, 5) is 28.4. The highest BCUT2D eigenvalue weighted by atomic mass is 35.5. The van der Waals surface area contributed by atoms with Crippen LogP contribution in [0, 0.1) is 0 Å². The molecule has 0 atom stereocenters. The predicted octanol–water partition coefficient (Wildman–Crippen LogP) is 1.32. The first kappa shape index (κ1) is 17.1. The van der Waals surface area contributed by atoms with E-state index in [4.69, 9.17) is 11.6 Å². The largest absolute Gasteiger partial charge is 0.358 e. The zero-order chi connectivity index (χ0) is 15.9. The van der Waals surface area contributed by atoms with Crippen LogP contribution < -0.4 is 5.32 Å². The molecule has 1 aliphatic heterocycles. The average Bonchev–Trinajstić information content (AvgIpc) is 2.54. The van der Waals surface area contributed by atoms with Gasteiger partial charge in [-0.15, -0.1) is 11.8 Å². The Morgan fingerprint density at radius 3 is 2.55 bits per heavy atom. The second kappa shape index (κ2) is 8.41. The third kappa shape index (κ3) is 4.90. The van der Waals surface area contributed by atoms with Crippen LogP contribution in [0.2, 0.25) is 5.02 Å². The molecule has 7 heteroatoms. The molecular weight excluding hydrogens is 322 g/mol. The zero-order valence-corrected chi connectivity index (χ0v) is 14.1. The summed E-state index contributed by atoms with van der Waals surface area (Å²) in [5.41, 5.74) is 0. The minimum Gasteiger partial charge on any atom is -0.358 e. The molecule has 1 saturated heterocycles. The van der Waals surface area contributed by atoms with E-state index in [2.05, 4.69) is 10.2 Å². The van der Waals surface area contributed by atoms with Gasteiger partial charge in [0, 0.05) is 38.1 Å². The summed E-state index contributed by atoms with van der Waals surface area (Å²) < 4.78 is 0. The Labute approximate surface area is 140 Å². The highest BCUT2D eigenvalue weighted by Gasteiger charge is 2.22. The van der Waals surface area contributed by atoms with E-state index < -0.39 is 0 Å². The number of nitrogens with zero attached hydrogens (tertiary/aromatic N) is 2. The van der Waals surface area contributed by atoms with Crippen molar-refractivity contribution in [3.63, 3.8) is 0 Å². The lowest BCUT2D eigenvalue weighted by atomic mass is 10.3. The number of halogens is 1. The van der Waals surface area contributed by atoms with Gasteiger partial charge < -0.3 is 10.2 Å². The number of hydrogen-bond acceptors (Lipinski definition) is 4. The van der Waals surface area contributed by atoms with Crippen LogP contribution in [0.25, 0.3) is 0 Å². The van der Waals surface area contributed by atoms with Crippen LogP contribution in [0.3, 0.4) is 0 Å². The summed E-state index contributed by atoms with van der Waals surface area (Å²) in [6.45, 7) is 3.19. The Balaban J connectivity index is 1.76. The second-order valence-electron chi connectivity index (χ2n) is 5.05. The summed E-state index contributed by atoms with van der Waals surface area (Å²) in [5.74, 6) is 0.512. The molecule has 0 bridgehead atoms. The lowest BCUT2D eigenvalue weighted by Gasteiger charge is -2.34. The molecule has 5 nitrogen and oxygen atoms in total. The fourth-order valence-corrected chi connectivity index (χ4v) is 3.37. The third-order valence-electron chi connectivity index (χ3n) is 3.56. The average molecular weight is 342 g/mol. The van der Waals surface area contributed by atoms with Crippen molar-refractivity contribution in [1.82, 2.24) is 15.1 Å². The molecule has 1 aliphatic rings. The van der Waals surface area contributed by atoms with Gasteiger partial charge in [0.05, 0.1) is 17.3 Å². The van der Waals surface area contributed by atoms with E-state index in [1.54, 1.807) is 7.05 Å². The lowest BCUT2D eigenvalue weighted by Crippen LogP contribution is -2.51. The van der Waals surface area contributed by atoms with Crippen molar-refractivity contribution in [2.45, 2.75) is 4.90 Å². The summed E-state index contributed by atoms with van der Waals surface area (Å²) >= 11 is 7.55. The van der Waals surface area contributed by atoms with Gasteiger partial charge >= 0.3 is 0 Å². The minimum atomic E-state index is 0.00838. The number of amides is 2. The highest BCUT2D eigenvalue weighted by Crippen LogP contribution is 2.26. The zero-order valence-electron chi connectivity index (χ0n) is 12.5. The molecule has 0 unspecified atom stereocenters. The maximum atomic E-state index is 12.2. The van der Waals surface area contributed by atoms with E-state index in [0.717, 1.165) is 18.0 Å². The lowest BCUT2D eigenvalue weighted by molar-refractivity contribution is -0.130. The molecule has 1 fully saturated rings. The number of benzene rings is 1. The van der Waals surface area contributed by atoms with Gasteiger partial charge in [-0.1, -0.05) is 23.7 Å². The van der Waals surface area contributed by atoms with Crippen molar-refractivity contribution in [3.8, 4) is 0 Å². The first-order valence-corrected chi connectivity index (χ1v) is 8.54. The number of hydrogen-bond donors (Lipinski definition) is 1. The standard InChI is InChI=1S/C15H20ClN3O2S/c1-17-14(20)10-18-6-8-19(9-7-18)15(21)11-22-13-5-3-2-4-12(13)16/h2-5H,6-11H2,1H3,(H,17,20). The van der Waals surface area contributed by atoms with E-state index in [1.165, 1.54) is 11.8 Å². The van der Waals surface area contributed by atoms with Crippen LogP contribution in [0.1, 0.15) is 0 Å². The molecule has 1 aromatic carbocycles. The van der Waals surface area contributed by atoms with Gasteiger partial charge in [-0.3, -0.25) is 14.5 Å². The number of carbonyl (C=O) groups excluding carboxylic acids is 2. The molecule has 120 valence electrons. The third-order valence-corrected chi connectivity index (χ3v) is 5.06. The molecule has 1 N–H and O–H groups in total. The molecule has 0 saturated carbocycles. The topological polar surface area (TPSA) is 52.7 Å². The van der Waals surface area contributed by atoms with E-state index in [1.807, 2.05) is 29.2 Å². The molecule has 0 aliphatic carbocycles. The van der Waals surface area contributed by atoms with Crippen molar-refractivity contribution in [1.29, 1.82) is 0 Å². The molecule has 0 radical (unpaired) electrons. The molecule has 0 spiro atoms. The van der Waals surface area contributed by atoms with Crippen molar-refractivity contribution < 1.29 is 9.59 Å². The molecule has 2 amide bonds. The summed E-state index contributed by atoms with van der Waals surface area (Å²) in [6, 6.07) is 7.53. The smallest absolute Gasteiger partial charge is 0.233 e. The van der Waals surface area contributed by atoms with Gasteiger partial charge in [-0.25, -0.2) is 0 Å². The van der Waals surface area contributed by atoms with Crippen LogP contribution in [0.4, 0.5) is 0 Å². The Morgan fingerprint density at radius 2 is 1.91 bits per heavy atom. The Hall–Kier alpha value is -1.24. The summed E-state index contributed by atoms with van der Waals surface area (Å²) in [6.07, 6.45) is 0. The first-order valence-electron chi connectivity index (χ1n) is 7.18. The van der Waals surface area contributed by atoms with Crippen LogP contribution >= 0.6 is 23.4 Å². The van der Waals surface area contributed by atoms with E-state index >= 15 is 0 Å². The maximum absolute atomic E-state index is 12.2. The van der Waals surface area contributed by atoms with Crippen molar-refractivity contribution in [2.24, 2.45) is 0 Å². The van der Waals surface area contributed by atoms with Crippen molar-refractivity contribution in [3.05, 3.63) is 29.3 Å². The molecule has 0 aromatic heterocycles. The van der Waals surface area contributed by atoms with E-state index in [9.17, 15) is 9.59 Å². The molecule has 1 heterocycles. The summed E-state index contributed by atoms with van der Waals surface area (Å²) in [7, 11) is 1.63. The Bertz CT molecular complexity index is 533. The van der Waals surface area contributed by atoms with Crippen molar-refractivity contribution in [2.75, 3.05) is 45.5 Å². The second-order valence-corrected chi connectivity index (χ2v) is 6.47. The fraction of sp³-hybridized carbons (Fsp3) is 0.467. The van der Waals surface area contributed by atoms with Gasteiger partial charge in [-0.05, 0) is 12.1 Å². The molecule has 2 rings (SSSR count). The van der Waals surface area contributed by atoms with E-state index in [0.29, 0.717) is 30.4 Å². The first-order chi connectivity index (χ1) is 10.6. The Kier molecular flexibility index (Phi) is 6.54. The number of piperazine rings is 1. The number of carbonyl (C=O) groups is 2. The number of rotatable bonds is 5. The fourth-order valence-electron chi connectivity index (χ4n) is 2.23. The van der Waals surface area contributed by atoms with Gasteiger partial charge in [0.25, 0.3) is 0 Å².